The van der Waals surface area contributed by atoms with Crippen LogP contribution in [0.5, 0.6) is 11.8 Å². The Morgan fingerprint density at radius 3 is 2.23 bits per heavy atom. The van der Waals surface area contributed by atoms with E-state index in [1.165, 1.54) is 36.7 Å². The highest BCUT2D eigenvalue weighted by Gasteiger charge is 2.29. The van der Waals surface area contributed by atoms with E-state index in [0.29, 0.717) is 23.9 Å². The van der Waals surface area contributed by atoms with E-state index < -0.39 is 17.9 Å². The topological polar surface area (TPSA) is 166 Å². The summed E-state index contributed by atoms with van der Waals surface area (Å²) < 4.78 is 0. The number of aromatic carboxylic acids is 1. The largest absolute Gasteiger partial charge is 0.478 e. The van der Waals surface area contributed by atoms with Gasteiger partial charge in [-0.1, -0.05) is 12.1 Å². The van der Waals surface area contributed by atoms with Crippen LogP contribution in [0.3, 0.4) is 0 Å². The molecule has 0 saturated heterocycles. The van der Waals surface area contributed by atoms with Crippen LogP contribution in [0, 0.1) is 11.8 Å². The second-order valence-electron chi connectivity index (χ2n) is 9.43. The van der Waals surface area contributed by atoms with Gasteiger partial charge < -0.3 is 21.5 Å². The van der Waals surface area contributed by atoms with Crippen LogP contribution in [0.4, 0.5) is 5.69 Å². The number of nitrogens with one attached hydrogen (secondary N) is 2. The van der Waals surface area contributed by atoms with Gasteiger partial charge in [-0.25, -0.2) is 19.7 Å². The lowest BCUT2D eigenvalue weighted by Crippen LogP contribution is -2.48. The van der Waals surface area contributed by atoms with Gasteiger partial charge in [-0.15, -0.1) is 0 Å². The number of carbonyl (C=O) groups excluding carboxylic acids is 2. The molecule has 1 fully saturated rings. The maximum atomic E-state index is 13.3. The number of nitrogens with zero attached hydrogens (tertiary/aromatic N) is 2. The van der Waals surface area contributed by atoms with Gasteiger partial charge in [-0.2, -0.15) is 0 Å². The molecule has 0 bridgehead atoms. The monoisotopic (exact) mass is 533 g/mol. The molecule has 204 valence electrons. The zero-order valence-electron chi connectivity index (χ0n) is 21.3. The van der Waals surface area contributed by atoms with E-state index in [4.69, 9.17) is 20.6 Å². The van der Waals surface area contributed by atoms with Crippen LogP contribution in [-0.2, 0) is 16.0 Å². The highest BCUT2D eigenvalue weighted by atomic mass is 17.2. The first-order valence-electron chi connectivity index (χ1n) is 12.8. The Labute approximate surface area is 225 Å². The van der Waals surface area contributed by atoms with Gasteiger partial charge in [0.05, 0.1) is 5.56 Å². The third kappa shape index (κ3) is 7.99. The van der Waals surface area contributed by atoms with Gasteiger partial charge in [-0.05, 0) is 86.2 Å². The van der Waals surface area contributed by atoms with Crippen molar-refractivity contribution in [2.75, 3.05) is 11.9 Å². The van der Waals surface area contributed by atoms with Crippen molar-refractivity contribution >= 4 is 23.5 Å². The predicted octanol–water partition coefficient (Wildman–Crippen LogP) is 2.98. The first-order chi connectivity index (χ1) is 18.9. The lowest BCUT2D eigenvalue weighted by molar-refractivity contribution is -0.130. The molecular formula is C28H31N5O6. The van der Waals surface area contributed by atoms with Crippen molar-refractivity contribution in [1.29, 1.82) is 0 Å². The van der Waals surface area contributed by atoms with E-state index in [9.17, 15) is 14.4 Å². The van der Waals surface area contributed by atoms with Gasteiger partial charge in [0.15, 0.2) is 5.75 Å². The van der Waals surface area contributed by atoms with Crippen LogP contribution in [0.25, 0.3) is 0 Å². The van der Waals surface area contributed by atoms with Gasteiger partial charge in [0.25, 0.3) is 0 Å². The van der Waals surface area contributed by atoms with E-state index in [-0.39, 0.29) is 29.8 Å². The fourth-order valence-electron chi connectivity index (χ4n) is 4.42. The van der Waals surface area contributed by atoms with Crippen molar-refractivity contribution in [2.45, 2.75) is 38.1 Å². The van der Waals surface area contributed by atoms with Gasteiger partial charge >= 0.3 is 12.0 Å². The SMILES string of the molecule is NCC1CCC(C(=O)N[C@@H](Cc2ccc(OOc3ncccn3)cc2)C(=O)Nc2ccc(C(=O)O)cc2)CC1. The second kappa shape index (κ2) is 13.3. The predicted molar refractivity (Wildman–Crippen MR) is 142 cm³/mol. The Kier molecular flexibility index (Phi) is 9.41. The summed E-state index contributed by atoms with van der Waals surface area (Å²) in [5.41, 5.74) is 7.10. The lowest BCUT2D eigenvalue weighted by atomic mass is 9.81. The molecular weight excluding hydrogens is 502 g/mol. The maximum absolute atomic E-state index is 13.3. The number of hydrogen-bond donors (Lipinski definition) is 4. The number of rotatable bonds is 11. The minimum Gasteiger partial charge on any atom is -0.478 e. The molecule has 0 radical (unpaired) electrons. The molecule has 2 amide bonds. The maximum Gasteiger partial charge on any atom is 0.366 e. The first-order valence-corrected chi connectivity index (χ1v) is 12.8. The Balaban J connectivity index is 1.42. The first kappa shape index (κ1) is 27.5. The molecule has 0 aliphatic heterocycles. The van der Waals surface area contributed by atoms with E-state index in [2.05, 4.69) is 20.6 Å². The summed E-state index contributed by atoms with van der Waals surface area (Å²) >= 11 is 0. The number of benzene rings is 2. The smallest absolute Gasteiger partial charge is 0.366 e. The van der Waals surface area contributed by atoms with Gasteiger partial charge in [0.2, 0.25) is 11.8 Å². The summed E-state index contributed by atoms with van der Waals surface area (Å²) in [4.78, 5) is 55.7. The molecule has 4 rings (SSSR count). The zero-order chi connectivity index (χ0) is 27.6. The van der Waals surface area contributed by atoms with Crippen molar-refractivity contribution in [2.24, 2.45) is 17.6 Å². The molecule has 5 N–H and O–H groups in total. The number of nitrogens with two attached hydrogens (primary N) is 1. The molecule has 0 spiro atoms. The second-order valence-corrected chi connectivity index (χ2v) is 9.43. The van der Waals surface area contributed by atoms with Crippen molar-refractivity contribution in [3.05, 3.63) is 78.1 Å². The quantitative estimate of drug-likeness (QED) is 0.214. The molecule has 1 saturated carbocycles. The number of hydrogen-bond acceptors (Lipinski definition) is 8. The minimum atomic E-state index is -1.06. The van der Waals surface area contributed by atoms with Crippen LogP contribution >= 0.6 is 0 Å². The fraction of sp³-hybridized carbons (Fsp3) is 0.321. The summed E-state index contributed by atoms with van der Waals surface area (Å²) in [6, 6.07) is 13.6. The Bertz CT molecular complexity index is 1250. The highest BCUT2D eigenvalue weighted by Crippen LogP contribution is 2.28. The summed E-state index contributed by atoms with van der Waals surface area (Å²) in [5, 5.41) is 14.8. The molecule has 3 aromatic rings. The average Bonchev–Trinajstić information content (AvgIpc) is 2.97. The zero-order valence-corrected chi connectivity index (χ0v) is 21.3. The van der Waals surface area contributed by atoms with Crippen molar-refractivity contribution in [3.8, 4) is 11.8 Å². The van der Waals surface area contributed by atoms with Crippen molar-refractivity contribution in [3.63, 3.8) is 0 Å². The summed E-state index contributed by atoms with van der Waals surface area (Å²) in [6.07, 6.45) is 6.52. The number of carboxylic acid groups (broad SMARTS) is 1. The number of anilines is 1. The van der Waals surface area contributed by atoms with E-state index >= 15 is 0 Å². The van der Waals surface area contributed by atoms with E-state index in [1.54, 1.807) is 30.3 Å². The summed E-state index contributed by atoms with van der Waals surface area (Å²) in [5.74, 6) is -0.968. The molecule has 1 aromatic heterocycles. The molecule has 2 aromatic carbocycles. The molecule has 1 aliphatic carbocycles. The molecule has 1 atom stereocenters. The van der Waals surface area contributed by atoms with Gasteiger partial charge in [0.1, 0.15) is 6.04 Å². The Morgan fingerprint density at radius 2 is 1.62 bits per heavy atom. The number of carbonyl (C=O) groups is 3. The molecule has 1 aliphatic rings. The Hall–Kier alpha value is -4.51. The van der Waals surface area contributed by atoms with Crippen molar-refractivity contribution in [1.82, 2.24) is 15.3 Å². The van der Waals surface area contributed by atoms with Crippen LogP contribution in [0.2, 0.25) is 0 Å². The van der Waals surface area contributed by atoms with Gasteiger partial charge in [0, 0.05) is 30.4 Å². The third-order valence-electron chi connectivity index (χ3n) is 6.70. The average molecular weight is 534 g/mol. The molecule has 39 heavy (non-hydrogen) atoms. The fourth-order valence-corrected chi connectivity index (χ4v) is 4.42. The van der Waals surface area contributed by atoms with E-state index in [0.717, 1.165) is 31.2 Å². The van der Waals surface area contributed by atoms with Crippen LogP contribution in [0.1, 0.15) is 41.6 Å². The lowest BCUT2D eigenvalue weighted by Gasteiger charge is -2.28. The summed E-state index contributed by atoms with van der Waals surface area (Å²) in [7, 11) is 0. The number of aromatic nitrogens is 2. The van der Waals surface area contributed by atoms with Crippen LogP contribution in [-0.4, -0.2) is 45.4 Å². The number of carboxylic acids is 1. The molecule has 11 nitrogen and oxygen atoms in total. The van der Waals surface area contributed by atoms with Crippen molar-refractivity contribution < 1.29 is 29.3 Å². The summed E-state index contributed by atoms with van der Waals surface area (Å²) in [6.45, 7) is 0.614. The Morgan fingerprint density at radius 1 is 0.949 bits per heavy atom. The standard InChI is InChI=1S/C28H31N5O6/c29-17-19-2-6-20(7-3-19)25(34)33-24(26(35)32-22-10-8-21(9-11-22)27(36)37)16-18-4-12-23(13-5-18)38-39-28-30-14-1-15-31-28/h1,4-5,8-15,19-20,24H,2-3,6-7,16-17,29H2,(H,32,35)(H,33,34)(H,36,37)/t19?,20?,24-/m0/s1. The molecule has 0 unspecified atom stereocenters. The number of amides is 2. The highest BCUT2D eigenvalue weighted by molar-refractivity contribution is 5.98. The minimum absolute atomic E-state index is 0.0675. The van der Waals surface area contributed by atoms with E-state index in [1.807, 2.05) is 0 Å². The normalized spacial score (nSPS) is 17.5. The molecule has 11 heteroatoms. The van der Waals surface area contributed by atoms with Crippen LogP contribution < -0.4 is 26.1 Å². The van der Waals surface area contributed by atoms with Crippen LogP contribution in [0.15, 0.2) is 67.0 Å². The van der Waals surface area contributed by atoms with Gasteiger partial charge in [-0.3, -0.25) is 14.5 Å². The molecule has 1 heterocycles. The third-order valence-corrected chi connectivity index (χ3v) is 6.70.